The fourth-order valence-corrected chi connectivity index (χ4v) is 3.61. The van der Waals surface area contributed by atoms with Crippen molar-refractivity contribution >= 4 is 11.7 Å². The van der Waals surface area contributed by atoms with Gasteiger partial charge >= 0.3 is 6.18 Å². The van der Waals surface area contributed by atoms with Crippen LogP contribution in [-0.4, -0.2) is 66.5 Å². The third-order valence-corrected chi connectivity index (χ3v) is 4.96. The second-order valence-corrected chi connectivity index (χ2v) is 7.60. The Hall–Kier alpha value is -2.88. The van der Waals surface area contributed by atoms with Crippen LogP contribution in [0, 0.1) is 0 Å². The largest absolute Gasteiger partial charge is 0.484 e. The molecule has 1 N–H and O–H groups in total. The number of nitrogens with one attached hydrogen (secondary N) is 1. The Morgan fingerprint density at radius 3 is 2.90 bits per heavy atom. The number of hydrogen-bond acceptors (Lipinski definition) is 6. The van der Waals surface area contributed by atoms with Crippen LogP contribution in [0.15, 0.2) is 42.6 Å². The zero-order chi connectivity index (χ0) is 22.3. The molecule has 1 fully saturated rings. The van der Waals surface area contributed by atoms with E-state index >= 15 is 0 Å². The number of carbonyl (C=O) groups excluding carboxylic acids is 1. The Morgan fingerprint density at radius 1 is 1.32 bits per heavy atom. The highest BCUT2D eigenvalue weighted by Crippen LogP contribution is 2.23. The molecule has 7 nitrogen and oxygen atoms in total. The predicted octanol–water partition coefficient (Wildman–Crippen LogP) is 2.63. The van der Waals surface area contributed by atoms with Crippen molar-refractivity contribution < 1.29 is 22.7 Å². The van der Waals surface area contributed by atoms with E-state index < -0.39 is 12.8 Å². The molecule has 31 heavy (non-hydrogen) atoms. The summed E-state index contributed by atoms with van der Waals surface area (Å²) in [5.74, 6) is 0.801. The summed E-state index contributed by atoms with van der Waals surface area (Å²) in [4.78, 5) is 16.5. The molecule has 168 valence electrons. The molecule has 1 aliphatic heterocycles. The topological polar surface area (TPSA) is 70.6 Å². The van der Waals surface area contributed by atoms with E-state index in [1.54, 1.807) is 18.3 Å². The zero-order valence-corrected chi connectivity index (χ0v) is 17.3. The second-order valence-electron chi connectivity index (χ2n) is 7.60. The van der Waals surface area contributed by atoms with Crippen LogP contribution in [0.1, 0.15) is 18.4 Å². The summed E-state index contributed by atoms with van der Waals surface area (Å²) in [6.07, 6.45) is -0.665. The van der Waals surface area contributed by atoms with Crippen LogP contribution in [0.25, 0.3) is 0 Å². The van der Waals surface area contributed by atoms with Crippen molar-refractivity contribution in [2.45, 2.75) is 31.6 Å². The quantitative estimate of drug-likeness (QED) is 0.651. The van der Waals surface area contributed by atoms with Crippen LogP contribution < -0.4 is 15.0 Å². The highest BCUT2D eigenvalue weighted by Gasteiger charge is 2.28. The Morgan fingerprint density at radius 2 is 2.16 bits per heavy atom. The molecule has 0 spiro atoms. The van der Waals surface area contributed by atoms with E-state index in [1.807, 2.05) is 24.1 Å². The second kappa shape index (κ2) is 10.4. The van der Waals surface area contributed by atoms with Gasteiger partial charge in [-0.15, -0.1) is 5.10 Å². The number of halogens is 3. The minimum Gasteiger partial charge on any atom is -0.484 e. The van der Waals surface area contributed by atoms with Gasteiger partial charge in [0.05, 0.1) is 6.54 Å². The first-order valence-electron chi connectivity index (χ1n) is 10.1. The van der Waals surface area contributed by atoms with Crippen LogP contribution in [0.4, 0.5) is 19.0 Å². The van der Waals surface area contributed by atoms with Crippen LogP contribution in [0.5, 0.6) is 5.75 Å². The van der Waals surface area contributed by atoms with Crippen molar-refractivity contribution in [1.82, 2.24) is 20.4 Å². The van der Waals surface area contributed by atoms with Gasteiger partial charge in [-0.25, -0.2) is 0 Å². The van der Waals surface area contributed by atoms with Gasteiger partial charge < -0.3 is 15.0 Å². The van der Waals surface area contributed by atoms with E-state index in [9.17, 15) is 18.0 Å². The van der Waals surface area contributed by atoms with E-state index in [-0.39, 0.29) is 30.8 Å². The lowest BCUT2D eigenvalue weighted by atomic mass is 10.2. The monoisotopic (exact) mass is 437 g/mol. The van der Waals surface area contributed by atoms with Crippen molar-refractivity contribution in [2.75, 3.05) is 38.2 Å². The summed E-state index contributed by atoms with van der Waals surface area (Å²) < 4.78 is 41.6. The number of nitrogens with zero attached hydrogens (tertiary/aromatic N) is 4. The zero-order valence-electron chi connectivity index (χ0n) is 17.3. The fraction of sp³-hybridized carbons (Fsp3) is 0.476. The molecule has 2 heterocycles. The number of alkyl halides is 3. The Labute approximate surface area is 179 Å². The summed E-state index contributed by atoms with van der Waals surface area (Å²) in [5, 5.41) is 10.9. The number of ether oxygens (including phenoxy) is 1. The molecule has 10 heteroatoms. The van der Waals surface area contributed by atoms with Crippen molar-refractivity contribution in [3.8, 4) is 5.75 Å². The lowest BCUT2D eigenvalue weighted by molar-refractivity contribution is -0.153. The Kier molecular flexibility index (Phi) is 7.67. The number of anilines is 1. The number of rotatable bonds is 9. The van der Waals surface area contributed by atoms with Gasteiger partial charge in [0.25, 0.3) is 0 Å². The first kappa shape index (κ1) is 22.8. The van der Waals surface area contributed by atoms with Gasteiger partial charge in [-0.05, 0) is 49.7 Å². The van der Waals surface area contributed by atoms with Gasteiger partial charge in [0.15, 0.2) is 12.4 Å². The van der Waals surface area contributed by atoms with Gasteiger partial charge in [0, 0.05) is 31.9 Å². The molecule has 1 aliphatic rings. The maximum atomic E-state index is 12.3. The van der Waals surface area contributed by atoms with Crippen molar-refractivity contribution in [3.63, 3.8) is 0 Å². The summed E-state index contributed by atoms with van der Waals surface area (Å²) in [6, 6.07) is 10.3. The third-order valence-electron chi connectivity index (χ3n) is 4.96. The van der Waals surface area contributed by atoms with Gasteiger partial charge in [-0.2, -0.15) is 18.3 Å². The van der Waals surface area contributed by atoms with Crippen LogP contribution >= 0.6 is 0 Å². The van der Waals surface area contributed by atoms with Gasteiger partial charge in [-0.1, -0.05) is 12.1 Å². The lowest BCUT2D eigenvalue weighted by Crippen LogP contribution is -2.43. The molecule has 2 aromatic rings. The molecule has 0 radical (unpaired) electrons. The van der Waals surface area contributed by atoms with E-state index in [4.69, 9.17) is 4.74 Å². The van der Waals surface area contributed by atoms with Crippen molar-refractivity contribution in [1.29, 1.82) is 0 Å². The average Bonchev–Trinajstić information content (AvgIpc) is 3.19. The first-order valence-corrected chi connectivity index (χ1v) is 10.1. The summed E-state index contributed by atoms with van der Waals surface area (Å²) in [7, 11) is 1.89. The SMILES string of the molecule is CN(CC(=O)NCc1cccc(OCC(F)(F)F)c1)CC1CCCN1c1cccnn1. The number of hydrogen-bond donors (Lipinski definition) is 1. The van der Waals surface area contributed by atoms with E-state index in [1.165, 1.54) is 12.1 Å². The normalized spacial score (nSPS) is 16.5. The number of amides is 1. The number of likely N-dealkylation sites (N-methyl/N-ethyl adjacent to an activating group) is 1. The Balaban J connectivity index is 1.44. The third kappa shape index (κ3) is 7.39. The molecule has 1 atom stereocenters. The molecule has 0 saturated carbocycles. The van der Waals surface area contributed by atoms with Gasteiger partial charge in [-0.3, -0.25) is 9.69 Å². The van der Waals surface area contributed by atoms with Gasteiger partial charge in [0.1, 0.15) is 5.75 Å². The summed E-state index contributed by atoms with van der Waals surface area (Å²) in [6.45, 7) is 0.710. The molecule has 1 aromatic heterocycles. The number of aromatic nitrogens is 2. The molecule has 1 unspecified atom stereocenters. The number of benzene rings is 1. The van der Waals surface area contributed by atoms with E-state index in [0.29, 0.717) is 12.1 Å². The molecule has 3 rings (SSSR count). The predicted molar refractivity (Wildman–Crippen MR) is 110 cm³/mol. The van der Waals surface area contributed by atoms with Crippen LogP contribution in [0.3, 0.4) is 0 Å². The van der Waals surface area contributed by atoms with E-state index in [2.05, 4.69) is 20.4 Å². The number of carbonyl (C=O) groups is 1. The summed E-state index contributed by atoms with van der Waals surface area (Å²) in [5.41, 5.74) is 0.667. The fourth-order valence-electron chi connectivity index (χ4n) is 3.61. The molecule has 0 aliphatic carbocycles. The average molecular weight is 437 g/mol. The molecule has 1 saturated heterocycles. The minimum absolute atomic E-state index is 0.117. The molecule has 0 bridgehead atoms. The Bertz CT molecular complexity index is 850. The molecule has 1 aromatic carbocycles. The maximum Gasteiger partial charge on any atom is 0.422 e. The minimum atomic E-state index is -4.39. The maximum absolute atomic E-state index is 12.3. The molecular weight excluding hydrogens is 411 g/mol. The lowest BCUT2D eigenvalue weighted by Gasteiger charge is -2.28. The molecular formula is C21H26F3N5O2. The van der Waals surface area contributed by atoms with Gasteiger partial charge in [0.2, 0.25) is 5.91 Å². The van der Waals surface area contributed by atoms with Crippen LogP contribution in [0.2, 0.25) is 0 Å². The smallest absolute Gasteiger partial charge is 0.422 e. The highest BCUT2D eigenvalue weighted by atomic mass is 19.4. The van der Waals surface area contributed by atoms with Crippen molar-refractivity contribution in [3.05, 3.63) is 48.2 Å². The van der Waals surface area contributed by atoms with Crippen LogP contribution in [-0.2, 0) is 11.3 Å². The first-order chi connectivity index (χ1) is 14.8. The highest BCUT2D eigenvalue weighted by molar-refractivity contribution is 5.78. The van der Waals surface area contributed by atoms with Crippen molar-refractivity contribution in [2.24, 2.45) is 0 Å². The molecule has 1 amide bonds. The summed E-state index contributed by atoms with van der Waals surface area (Å²) >= 11 is 0. The standard InChI is InChI=1S/C21H26F3N5O2/c1-28(13-17-6-4-10-29(17)19-8-3-9-26-27-19)14-20(30)25-12-16-5-2-7-18(11-16)31-15-21(22,23)24/h2-3,5,7-9,11,17H,4,6,10,12-15H2,1H3,(H,25,30). The van der Waals surface area contributed by atoms with E-state index in [0.717, 1.165) is 25.2 Å².